The van der Waals surface area contributed by atoms with Crippen LogP contribution < -0.4 is 0 Å². The van der Waals surface area contributed by atoms with Gasteiger partial charge in [0.2, 0.25) is 0 Å². The van der Waals surface area contributed by atoms with Gasteiger partial charge in [-0.25, -0.2) is 14.4 Å². The van der Waals surface area contributed by atoms with E-state index < -0.39 is 29.0 Å². The molecule has 1 aromatic carbocycles. The second-order valence-corrected chi connectivity index (χ2v) is 4.02. The molecule has 0 amide bonds. The second-order valence-electron chi connectivity index (χ2n) is 4.02. The van der Waals surface area contributed by atoms with Crippen LogP contribution in [-0.2, 0) is 0 Å². The van der Waals surface area contributed by atoms with Gasteiger partial charge in [-0.1, -0.05) is 0 Å². The highest BCUT2D eigenvalue weighted by atomic mass is 16.4. The monoisotopic (exact) mass is 269 g/mol. The van der Waals surface area contributed by atoms with E-state index in [2.05, 4.69) is 0 Å². The van der Waals surface area contributed by atoms with E-state index in [0.29, 0.717) is 0 Å². The number of hydrogen-bond acceptors (Lipinski definition) is 4. The van der Waals surface area contributed by atoms with Crippen molar-refractivity contribution in [3.63, 3.8) is 0 Å². The first-order valence-electron chi connectivity index (χ1n) is 5.11. The van der Waals surface area contributed by atoms with Crippen LogP contribution in [0, 0.1) is 0 Å². The van der Waals surface area contributed by atoms with Crippen LogP contribution >= 0.6 is 0 Å². The Kier molecular flexibility index (Phi) is 6.22. The largest absolute Gasteiger partial charge is 0.478 e. The van der Waals surface area contributed by atoms with Gasteiger partial charge >= 0.3 is 17.9 Å². The Morgan fingerprint density at radius 3 is 1.58 bits per heavy atom. The molecule has 0 saturated heterocycles. The molecule has 1 rings (SSSR count). The van der Waals surface area contributed by atoms with Gasteiger partial charge in [0.15, 0.2) is 0 Å². The summed E-state index contributed by atoms with van der Waals surface area (Å²) in [6, 6.07) is 2.81. The van der Waals surface area contributed by atoms with Gasteiger partial charge in [0, 0.05) is 0 Å². The van der Waals surface area contributed by atoms with Crippen molar-refractivity contribution in [3.8, 4) is 0 Å². The molecule has 7 heteroatoms. The van der Waals surface area contributed by atoms with E-state index in [-0.39, 0.29) is 5.56 Å². The number of benzene rings is 1. The van der Waals surface area contributed by atoms with Gasteiger partial charge < -0.3 is 20.2 Å². The summed E-state index contributed by atoms with van der Waals surface area (Å²) in [5.74, 6) is -4.20. The SMILES string of the molecule is CN(C)C.O=C(O)c1ccc(C(=O)O)c(C(=O)O)c1. The fourth-order valence-electron chi connectivity index (χ4n) is 1.04. The summed E-state index contributed by atoms with van der Waals surface area (Å²) < 4.78 is 0. The molecule has 0 spiro atoms. The Balaban J connectivity index is 0.000000711. The van der Waals surface area contributed by atoms with Crippen LogP contribution in [-0.4, -0.2) is 59.3 Å². The molecule has 3 N–H and O–H groups in total. The Bertz CT molecular complexity index is 492. The van der Waals surface area contributed by atoms with E-state index in [1.165, 1.54) is 0 Å². The lowest BCUT2D eigenvalue weighted by Gasteiger charge is -2.02. The molecule has 104 valence electrons. The topological polar surface area (TPSA) is 115 Å². The first kappa shape index (κ1) is 16.6. The highest BCUT2D eigenvalue weighted by Gasteiger charge is 2.17. The van der Waals surface area contributed by atoms with Gasteiger partial charge in [-0.3, -0.25) is 0 Å². The van der Waals surface area contributed by atoms with Crippen LogP contribution in [0.15, 0.2) is 18.2 Å². The van der Waals surface area contributed by atoms with Crippen molar-refractivity contribution >= 4 is 17.9 Å². The van der Waals surface area contributed by atoms with Gasteiger partial charge in [0.25, 0.3) is 0 Å². The average molecular weight is 269 g/mol. The number of carbonyl (C=O) groups is 3. The highest BCUT2D eigenvalue weighted by Crippen LogP contribution is 2.12. The summed E-state index contributed by atoms with van der Waals surface area (Å²) in [4.78, 5) is 33.8. The van der Waals surface area contributed by atoms with Crippen LogP contribution in [0.25, 0.3) is 0 Å². The molecule has 0 fully saturated rings. The molecule has 0 aliphatic carbocycles. The molecule has 0 aliphatic heterocycles. The van der Waals surface area contributed by atoms with Crippen LogP contribution in [0.1, 0.15) is 31.1 Å². The summed E-state index contributed by atoms with van der Waals surface area (Å²) in [5, 5.41) is 25.9. The lowest BCUT2D eigenvalue weighted by molar-refractivity contribution is 0.0649. The molecular weight excluding hydrogens is 254 g/mol. The van der Waals surface area contributed by atoms with Crippen LogP contribution in [0.2, 0.25) is 0 Å². The Morgan fingerprint density at radius 1 is 0.842 bits per heavy atom. The predicted molar refractivity (Wildman–Crippen MR) is 66.9 cm³/mol. The van der Waals surface area contributed by atoms with Crippen molar-refractivity contribution in [2.45, 2.75) is 0 Å². The van der Waals surface area contributed by atoms with E-state index in [9.17, 15) is 14.4 Å². The van der Waals surface area contributed by atoms with E-state index in [1.807, 2.05) is 26.0 Å². The van der Waals surface area contributed by atoms with Crippen molar-refractivity contribution in [3.05, 3.63) is 34.9 Å². The fraction of sp³-hybridized carbons (Fsp3) is 0.250. The van der Waals surface area contributed by atoms with E-state index in [1.54, 1.807) is 0 Å². The molecule has 7 nitrogen and oxygen atoms in total. The van der Waals surface area contributed by atoms with Crippen molar-refractivity contribution in [1.29, 1.82) is 0 Å². The van der Waals surface area contributed by atoms with E-state index in [4.69, 9.17) is 15.3 Å². The molecule has 1 aromatic rings. The van der Waals surface area contributed by atoms with Crippen molar-refractivity contribution in [1.82, 2.24) is 4.90 Å². The van der Waals surface area contributed by atoms with Crippen molar-refractivity contribution < 1.29 is 29.7 Å². The number of rotatable bonds is 3. The summed E-state index contributed by atoms with van der Waals surface area (Å²) in [6.45, 7) is 0. The van der Waals surface area contributed by atoms with E-state index in [0.717, 1.165) is 18.2 Å². The second kappa shape index (κ2) is 7.12. The molecule has 0 aromatic heterocycles. The van der Waals surface area contributed by atoms with Gasteiger partial charge in [-0.2, -0.15) is 0 Å². The third kappa shape index (κ3) is 5.64. The first-order valence-corrected chi connectivity index (χ1v) is 5.11. The summed E-state index contributed by atoms with van der Waals surface area (Å²) >= 11 is 0. The number of nitrogens with zero attached hydrogens (tertiary/aromatic N) is 1. The fourth-order valence-corrected chi connectivity index (χ4v) is 1.04. The third-order valence-electron chi connectivity index (χ3n) is 1.73. The lowest BCUT2D eigenvalue weighted by Crippen LogP contribution is -2.10. The zero-order valence-electron chi connectivity index (χ0n) is 10.7. The number of hydrogen-bond donors (Lipinski definition) is 3. The van der Waals surface area contributed by atoms with Crippen LogP contribution in [0.4, 0.5) is 0 Å². The Hall–Kier alpha value is -2.41. The maximum atomic E-state index is 10.6. The maximum absolute atomic E-state index is 10.6. The zero-order chi connectivity index (χ0) is 15.2. The summed E-state index contributed by atoms with van der Waals surface area (Å²) in [7, 11) is 6.00. The minimum atomic E-state index is -1.48. The lowest BCUT2D eigenvalue weighted by atomic mass is 10.0. The standard InChI is InChI=1S/C9H6O6.C3H9N/c10-7(11)4-1-2-5(8(12)13)6(3-4)9(14)15;1-4(2)3/h1-3H,(H,10,11)(H,12,13)(H,14,15);1-3H3. The summed E-state index contributed by atoms with van der Waals surface area (Å²) in [6.07, 6.45) is 0. The molecule has 0 heterocycles. The minimum Gasteiger partial charge on any atom is -0.478 e. The van der Waals surface area contributed by atoms with Crippen LogP contribution in [0.3, 0.4) is 0 Å². The summed E-state index contributed by atoms with van der Waals surface area (Å²) in [5.41, 5.74) is -1.24. The highest BCUT2D eigenvalue weighted by molar-refractivity contribution is 6.03. The number of aromatic carboxylic acids is 3. The molecular formula is C12H15NO6. The van der Waals surface area contributed by atoms with E-state index >= 15 is 0 Å². The third-order valence-corrected chi connectivity index (χ3v) is 1.73. The van der Waals surface area contributed by atoms with Gasteiger partial charge in [-0.05, 0) is 39.3 Å². The molecule has 0 unspecified atom stereocenters. The Labute approximate surface area is 109 Å². The zero-order valence-corrected chi connectivity index (χ0v) is 10.7. The quantitative estimate of drug-likeness (QED) is 0.748. The smallest absolute Gasteiger partial charge is 0.336 e. The number of carboxylic acid groups (broad SMARTS) is 3. The number of carboxylic acids is 3. The molecule has 19 heavy (non-hydrogen) atoms. The molecule has 0 atom stereocenters. The molecule has 0 aliphatic rings. The molecule has 0 saturated carbocycles. The van der Waals surface area contributed by atoms with Crippen molar-refractivity contribution in [2.75, 3.05) is 21.1 Å². The van der Waals surface area contributed by atoms with Gasteiger partial charge in [-0.15, -0.1) is 0 Å². The average Bonchev–Trinajstić information content (AvgIpc) is 2.27. The van der Waals surface area contributed by atoms with Gasteiger partial charge in [0.05, 0.1) is 16.7 Å². The van der Waals surface area contributed by atoms with Crippen molar-refractivity contribution in [2.24, 2.45) is 0 Å². The minimum absolute atomic E-state index is 0.266. The predicted octanol–water partition coefficient (Wildman–Crippen LogP) is 0.959. The first-order chi connectivity index (χ1) is 8.66. The van der Waals surface area contributed by atoms with Crippen LogP contribution in [0.5, 0.6) is 0 Å². The molecule has 0 radical (unpaired) electrons. The maximum Gasteiger partial charge on any atom is 0.336 e. The Morgan fingerprint density at radius 2 is 1.26 bits per heavy atom. The molecule has 0 bridgehead atoms. The van der Waals surface area contributed by atoms with Gasteiger partial charge in [0.1, 0.15) is 0 Å². The normalized spacial score (nSPS) is 9.47.